The number of aryl methyl sites for hydroxylation is 1. The Morgan fingerprint density at radius 3 is 2.70 bits per heavy atom. The summed E-state index contributed by atoms with van der Waals surface area (Å²) < 4.78 is 1.90. The molecule has 5 nitrogen and oxygen atoms in total. The van der Waals surface area contributed by atoms with Crippen LogP contribution in [0.25, 0.3) is 0 Å². The quantitative estimate of drug-likeness (QED) is 0.907. The summed E-state index contributed by atoms with van der Waals surface area (Å²) in [4.78, 5) is 7.02. The number of aromatic nitrogens is 3. The monoisotopic (exact) mass is 277 g/mol. The number of hydrogen-bond acceptors (Lipinski definition) is 4. The predicted octanol–water partition coefficient (Wildman–Crippen LogP) is 1.56. The van der Waals surface area contributed by atoms with Crippen molar-refractivity contribution in [1.82, 2.24) is 25.0 Å². The van der Waals surface area contributed by atoms with Crippen molar-refractivity contribution in [2.24, 2.45) is 13.0 Å². The molecule has 2 fully saturated rings. The molecule has 112 valence electrons. The van der Waals surface area contributed by atoms with E-state index < -0.39 is 0 Å². The van der Waals surface area contributed by atoms with E-state index >= 15 is 0 Å². The molecule has 20 heavy (non-hydrogen) atoms. The summed E-state index contributed by atoms with van der Waals surface area (Å²) in [7, 11) is 1.98. The molecule has 0 radical (unpaired) electrons. The molecule has 1 aliphatic carbocycles. The van der Waals surface area contributed by atoms with Crippen LogP contribution in [0.3, 0.4) is 0 Å². The Labute approximate surface area is 121 Å². The van der Waals surface area contributed by atoms with E-state index in [0.29, 0.717) is 0 Å². The van der Waals surface area contributed by atoms with Gasteiger partial charge in [-0.1, -0.05) is 6.92 Å². The van der Waals surface area contributed by atoms with Crippen molar-refractivity contribution in [3.63, 3.8) is 0 Å². The first-order chi connectivity index (χ1) is 9.47. The topological polar surface area (TPSA) is 46.0 Å². The highest BCUT2D eigenvalue weighted by Gasteiger charge is 2.49. The Kier molecular flexibility index (Phi) is 3.37. The van der Waals surface area contributed by atoms with Crippen LogP contribution in [0.15, 0.2) is 6.33 Å². The smallest absolute Gasteiger partial charge is 0.140 e. The molecule has 2 heterocycles. The van der Waals surface area contributed by atoms with Crippen LogP contribution in [0.1, 0.15) is 45.9 Å². The van der Waals surface area contributed by atoms with Crippen molar-refractivity contribution in [2.75, 3.05) is 13.1 Å². The lowest BCUT2D eigenvalue weighted by Gasteiger charge is -2.52. The Morgan fingerprint density at radius 1 is 1.40 bits per heavy atom. The van der Waals surface area contributed by atoms with Gasteiger partial charge in [0.2, 0.25) is 0 Å². The molecule has 0 spiro atoms. The molecule has 1 N–H and O–H groups in total. The van der Waals surface area contributed by atoms with E-state index in [9.17, 15) is 0 Å². The molecule has 1 aromatic heterocycles. The van der Waals surface area contributed by atoms with Gasteiger partial charge in [0.25, 0.3) is 0 Å². The first kappa shape index (κ1) is 14.0. The maximum absolute atomic E-state index is 4.41. The van der Waals surface area contributed by atoms with Gasteiger partial charge in [0.05, 0.1) is 6.54 Å². The zero-order valence-electron chi connectivity index (χ0n) is 13.2. The molecule has 2 aliphatic rings. The molecule has 2 atom stereocenters. The van der Waals surface area contributed by atoms with E-state index in [1.807, 2.05) is 11.7 Å². The van der Waals surface area contributed by atoms with Crippen LogP contribution in [-0.4, -0.2) is 43.8 Å². The largest absolute Gasteiger partial charge is 0.308 e. The third-order valence-corrected chi connectivity index (χ3v) is 5.53. The number of rotatable bonds is 4. The molecule has 0 aromatic carbocycles. The molecule has 2 unspecified atom stereocenters. The Balaban J connectivity index is 1.80. The van der Waals surface area contributed by atoms with Crippen LogP contribution in [0.5, 0.6) is 0 Å². The second-order valence-corrected chi connectivity index (χ2v) is 7.05. The van der Waals surface area contributed by atoms with Crippen LogP contribution in [0.2, 0.25) is 0 Å². The van der Waals surface area contributed by atoms with Crippen LogP contribution < -0.4 is 5.32 Å². The van der Waals surface area contributed by atoms with Crippen molar-refractivity contribution < 1.29 is 0 Å². The average molecular weight is 277 g/mol. The third kappa shape index (κ3) is 2.37. The summed E-state index contributed by atoms with van der Waals surface area (Å²) in [6.45, 7) is 10.1. The summed E-state index contributed by atoms with van der Waals surface area (Å²) in [5.41, 5.74) is 0.480. The highest BCUT2D eigenvalue weighted by molar-refractivity contribution is 5.08. The van der Waals surface area contributed by atoms with E-state index in [1.165, 1.54) is 12.8 Å². The fraction of sp³-hybridized carbons (Fsp3) is 0.867. The van der Waals surface area contributed by atoms with Gasteiger partial charge < -0.3 is 5.32 Å². The highest BCUT2D eigenvalue weighted by atomic mass is 15.4. The molecule has 3 rings (SSSR count). The summed E-state index contributed by atoms with van der Waals surface area (Å²) >= 11 is 0. The maximum atomic E-state index is 4.41. The highest BCUT2D eigenvalue weighted by Crippen LogP contribution is 2.43. The van der Waals surface area contributed by atoms with E-state index in [1.54, 1.807) is 6.33 Å². The van der Waals surface area contributed by atoms with E-state index in [4.69, 9.17) is 0 Å². The zero-order chi connectivity index (χ0) is 14.4. The summed E-state index contributed by atoms with van der Waals surface area (Å²) in [5, 5.41) is 8.04. The second-order valence-electron chi connectivity index (χ2n) is 7.05. The van der Waals surface area contributed by atoms with Crippen molar-refractivity contribution in [3.8, 4) is 0 Å². The van der Waals surface area contributed by atoms with Gasteiger partial charge in [0.1, 0.15) is 12.2 Å². The SMILES string of the molecule is CCC1(C)CNC(C)(C2CC2)CN1Cc1ncnn1C. The first-order valence-corrected chi connectivity index (χ1v) is 7.80. The van der Waals surface area contributed by atoms with Crippen molar-refractivity contribution in [2.45, 2.75) is 57.7 Å². The molecule has 0 bridgehead atoms. The third-order valence-electron chi connectivity index (χ3n) is 5.53. The minimum absolute atomic E-state index is 0.209. The Bertz CT molecular complexity index is 480. The molecule has 1 saturated heterocycles. The Hall–Kier alpha value is -0.940. The standard InChI is InChI=1S/C15H27N5/c1-5-14(2)9-17-15(3,12-6-7-12)10-20(14)8-13-16-11-18-19(13)4/h11-12,17H,5-10H2,1-4H3. The number of piperazine rings is 1. The molecule has 5 heteroatoms. The summed E-state index contributed by atoms with van der Waals surface area (Å²) in [6.07, 6.45) is 5.56. The molecule has 1 saturated carbocycles. The normalized spacial score (nSPS) is 35.4. The molecule has 1 aliphatic heterocycles. The number of nitrogens with zero attached hydrogens (tertiary/aromatic N) is 4. The van der Waals surface area contributed by atoms with Crippen molar-refractivity contribution >= 4 is 0 Å². The van der Waals surface area contributed by atoms with Crippen molar-refractivity contribution in [1.29, 1.82) is 0 Å². The maximum Gasteiger partial charge on any atom is 0.140 e. The van der Waals surface area contributed by atoms with Crippen LogP contribution in [0, 0.1) is 5.92 Å². The van der Waals surface area contributed by atoms with Gasteiger partial charge in [-0.3, -0.25) is 9.58 Å². The Morgan fingerprint density at radius 2 is 2.15 bits per heavy atom. The average Bonchev–Trinajstić information content (AvgIpc) is 3.21. The van der Waals surface area contributed by atoms with Gasteiger partial charge in [-0.2, -0.15) is 5.10 Å². The van der Waals surface area contributed by atoms with Crippen LogP contribution >= 0.6 is 0 Å². The number of hydrogen-bond donors (Lipinski definition) is 1. The second kappa shape index (κ2) is 4.81. The summed E-state index contributed by atoms with van der Waals surface area (Å²) in [6, 6.07) is 0. The van der Waals surface area contributed by atoms with Gasteiger partial charge >= 0.3 is 0 Å². The van der Waals surface area contributed by atoms with Gasteiger partial charge in [-0.25, -0.2) is 4.98 Å². The lowest BCUT2D eigenvalue weighted by atomic mass is 9.84. The van der Waals surface area contributed by atoms with Crippen LogP contribution in [0.4, 0.5) is 0 Å². The van der Waals surface area contributed by atoms with E-state index in [2.05, 4.69) is 41.1 Å². The van der Waals surface area contributed by atoms with E-state index in [-0.39, 0.29) is 11.1 Å². The molecule has 1 aromatic rings. The molecular formula is C15H27N5. The van der Waals surface area contributed by atoms with E-state index in [0.717, 1.165) is 37.8 Å². The zero-order valence-corrected chi connectivity index (χ0v) is 13.2. The van der Waals surface area contributed by atoms with Gasteiger partial charge in [0.15, 0.2) is 0 Å². The van der Waals surface area contributed by atoms with Gasteiger partial charge in [-0.15, -0.1) is 0 Å². The summed E-state index contributed by atoms with van der Waals surface area (Å²) in [5.74, 6) is 1.91. The minimum atomic E-state index is 0.209. The lowest BCUT2D eigenvalue weighted by molar-refractivity contribution is 0.00178. The van der Waals surface area contributed by atoms with Crippen molar-refractivity contribution in [3.05, 3.63) is 12.2 Å². The first-order valence-electron chi connectivity index (χ1n) is 7.80. The number of nitrogens with one attached hydrogen (secondary N) is 1. The fourth-order valence-corrected chi connectivity index (χ4v) is 3.37. The van der Waals surface area contributed by atoms with Gasteiger partial charge in [-0.05, 0) is 39.0 Å². The minimum Gasteiger partial charge on any atom is -0.308 e. The van der Waals surface area contributed by atoms with Crippen LogP contribution in [-0.2, 0) is 13.6 Å². The lowest BCUT2D eigenvalue weighted by Crippen LogP contribution is -2.68. The molecule has 0 amide bonds. The molecular weight excluding hydrogens is 250 g/mol. The predicted molar refractivity (Wildman–Crippen MR) is 79.2 cm³/mol. The van der Waals surface area contributed by atoms with Gasteiger partial charge in [0, 0.05) is 31.2 Å². The fourth-order valence-electron chi connectivity index (χ4n) is 3.37.